The van der Waals surface area contributed by atoms with E-state index in [4.69, 9.17) is 9.84 Å². The fourth-order valence-electron chi connectivity index (χ4n) is 1.77. The standard InChI is InChI=1S/C15H12O4/c1-19-13-8-7-11(9-12(13)15(17)18)14(16)10-5-3-2-4-6-10/h2-9H,1H3,(H,17,18). The second-order valence-electron chi connectivity index (χ2n) is 3.92. The first kappa shape index (κ1) is 12.8. The Hall–Kier alpha value is -2.62. The lowest BCUT2D eigenvalue weighted by Gasteiger charge is -2.07. The minimum atomic E-state index is -1.13. The molecule has 96 valence electrons. The van der Waals surface area contributed by atoms with E-state index in [1.165, 1.54) is 19.2 Å². The highest BCUT2D eigenvalue weighted by molar-refractivity contribution is 6.10. The molecule has 0 heterocycles. The van der Waals surface area contributed by atoms with E-state index in [1.807, 2.05) is 6.07 Å². The average Bonchev–Trinajstić information content (AvgIpc) is 2.46. The van der Waals surface area contributed by atoms with Crippen molar-refractivity contribution in [1.29, 1.82) is 0 Å². The molecule has 0 unspecified atom stereocenters. The van der Waals surface area contributed by atoms with Crippen LogP contribution in [0.1, 0.15) is 26.3 Å². The molecule has 0 radical (unpaired) electrons. The minimum absolute atomic E-state index is 0.0238. The molecule has 2 aromatic rings. The van der Waals surface area contributed by atoms with Gasteiger partial charge in [0.25, 0.3) is 0 Å². The number of hydrogen-bond acceptors (Lipinski definition) is 3. The Balaban J connectivity index is 2.44. The summed E-state index contributed by atoms with van der Waals surface area (Å²) in [7, 11) is 1.39. The third-order valence-corrected chi connectivity index (χ3v) is 2.73. The van der Waals surface area contributed by atoms with E-state index in [1.54, 1.807) is 30.3 Å². The zero-order chi connectivity index (χ0) is 13.8. The number of carbonyl (C=O) groups excluding carboxylic acids is 1. The largest absolute Gasteiger partial charge is 0.496 e. The topological polar surface area (TPSA) is 63.6 Å². The van der Waals surface area contributed by atoms with Crippen LogP contribution in [0.3, 0.4) is 0 Å². The highest BCUT2D eigenvalue weighted by Gasteiger charge is 2.15. The number of ether oxygens (including phenoxy) is 1. The Morgan fingerprint density at radius 2 is 1.68 bits per heavy atom. The van der Waals surface area contributed by atoms with Crippen molar-refractivity contribution in [2.75, 3.05) is 7.11 Å². The van der Waals surface area contributed by atoms with E-state index >= 15 is 0 Å². The number of carboxylic acids is 1. The molecular formula is C15H12O4. The second-order valence-corrected chi connectivity index (χ2v) is 3.92. The van der Waals surface area contributed by atoms with Gasteiger partial charge in [-0.1, -0.05) is 30.3 Å². The van der Waals surface area contributed by atoms with Gasteiger partial charge in [-0.15, -0.1) is 0 Å². The Labute approximate surface area is 110 Å². The number of carboxylic acid groups (broad SMARTS) is 1. The van der Waals surface area contributed by atoms with Gasteiger partial charge >= 0.3 is 5.97 Å². The molecule has 0 spiro atoms. The summed E-state index contributed by atoms with van der Waals surface area (Å²) in [5.41, 5.74) is 0.817. The van der Waals surface area contributed by atoms with Crippen LogP contribution < -0.4 is 4.74 Å². The zero-order valence-electron chi connectivity index (χ0n) is 10.3. The molecule has 0 saturated carbocycles. The van der Waals surface area contributed by atoms with Crippen molar-refractivity contribution < 1.29 is 19.4 Å². The molecule has 0 atom stereocenters. The van der Waals surface area contributed by atoms with Gasteiger partial charge in [0.15, 0.2) is 5.78 Å². The highest BCUT2D eigenvalue weighted by atomic mass is 16.5. The van der Waals surface area contributed by atoms with Crippen LogP contribution in [0.2, 0.25) is 0 Å². The molecule has 0 aromatic heterocycles. The van der Waals surface area contributed by atoms with Crippen molar-refractivity contribution in [3.05, 3.63) is 65.2 Å². The van der Waals surface area contributed by atoms with Gasteiger partial charge in [-0.2, -0.15) is 0 Å². The first-order chi connectivity index (χ1) is 9.13. The average molecular weight is 256 g/mol. The molecule has 0 aliphatic heterocycles. The minimum Gasteiger partial charge on any atom is -0.496 e. The Bertz CT molecular complexity index is 617. The molecule has 1 N–H and O–H groups in total. The number of methoxy groups -OCH3 is 1. The van der Waals surface area contributed by atoms with E-state index in [2.05, 4.69) is 0 Å². The monoisotopic (exact) mass is 256 g/mol. The van der Waals surface area contributed by atoms with Crippen molar-refractivity contribution in [3.8, 4) is 5.75 Å². The number of rotatable bonds is 4. The molecule has 0 fully saturated rings. The van der Waals surface area contributed by atoms with Crippen LogP contribution in [-0.2, 0) is 0 Å². The maximum absolute atomic E-state index is 12.2. The van der Waals surface area contributed by atoms with Crippen molar-refractivity contribution in [3.63, 3.8) is 0 Å². The molecule has 4 nitrogen and oxygen atoms in total. The van der Waals surface area contributed by atoms with Crippen LogP contribution in [0.15, 0.2) is 48.5 Å². The smallest absolute Gasteiger partial charge is 0.339 e. The van der Waals surface area contributed by atoms with Crippen LogP contribution in [0.5, 0.6) is 5.75 Å². The Morgan fingerprint density at radius 1 is 1.00 bits per heavy atom. The molecule has 2 aromatic carbocycles. The third kappa shape index (κ3) is 2.63. The lowest BCUT2D eigenvalue weighted by molar-refractivity contribution is 0.0693. The van der Waals surface area contributed by atoms with Crippen LogP contribution in [0, 0.1) is 0 Å². The van der Waals surface area contributed by atoms with Gasteiger partial charge in [0.05, 0.1) is 7.11 Å². The molecule has 2 rings (SSSR count). The predicted molar refractivity (Wildman–Crippen MR) is 69.8 cm³/mol. The maximum atomic E-state index is 12.2. The molecule has 0 amide bonds. The molecule has 0 aliphatic carbocycles. The Morgan fingerprint density at radius 3 is 2.26 bits per heavy atom. The van der Waals surface area contributed by atoms with E-state index in [0.717, 1.165) is 0 Å². The fraction of sp³-hybridized carbons (Fsp3) is 0.0667. The lowest BCUT2D eigenvalue weighted by Crippen LogP contribution is -2.06. The first-order valence-electron chi connectivity index (χ1n) is 5.64. The molecule has 4 heteroatoms. The van der Waals surface area contributed by atoms with E-state index in [0.29, 0.717) is 11.1 Å². The van der Waals surface area contributed by atoms with E-state index < -0.39 is 5.97 Å². The fourth-order valence-corrected chi connectivity index (χ4v) is 1.77. The van der Waals surface area contributed by atoms with Gasteiger partial charge in [0.1, 0.15) is 11.3 Å². The van der Waals surface area contributed by atoms with Gasteiger partial charge in [0, 0.05) is 11.1 Å². The summed E-state index contributed by atoms with van der Waals surface area (Å²) in [6.45, 7) is 0. The number of carbonyl (C=O) groups is 2. The number of benzene rings is 2. The molecule has 0 bridgehead atoms. The van der Waals surface area contributed by atoms with Crippen LogP contribution in [0.25, 0.3) is 0 Å². The van der Waals surface area contributed by atoms with Crippen LogP contribution in [-0.4, -0.2) is 24.0 Å². The summed E-state index contributed by atoms with van der Waals surface area (Å²) in [5, 5.41) is 9.08. The highest BCUT2D eigenvalue weighted by Crippen LogP contribution is 2.21. The lowest BCUT2D eigenvalue weighted by atomic mass is 10.0. The van der Waals surface area contributed by atoms with Crippen molar-refractivity contribution in [2.45, 2.75) is 0 Å². The SMILES string of the molecule is COc1ccc(C(=O)c2ccccc2)cc1C(=O)O. The van der Waals surface area contributed by atoms with Gasteiger partial charge in [-0.3, -0.25) is 4.79 Å². The summed E-state index contributed by atoms with van der Waals surface area (Å²) in [6, 6.07) is 13.1. The summed E-state index contributed by atoms with van der Waals surface area (Å²) < 4.78 is 4.95. The number of ketones is 1. The molecule has 0 saturated heterocycles. The molecule has 19 heavy (non-hydrogen) atoms. The van der Waals surface area contributed by atoms with Gasteiger partial charge in [-0.25, -0.2) is 4.79 Å². The Kier molecular flexibility index (Phi) is 3.61. The second kappa shape index (κ2) is 5.35. The summed E-state index contributed by atoms with van der Waals surface area (Å²) in [6.07, 6.45) is 0. The van der Waals surface area contributed by atoms with Gasteiger partial charge in [0.2, 0.25) is 0 Å². The van der Waals surface area contributed by atoms with Crippen LogP contribution >= 0.6 is 0 Å². The van der Waals surface area contributed by atoms with Crippen molar-refractivity contribution in [1.82, 2.24) is 0 Å². The third-order valence-electron chi connectivity index (χ3n) is 2.73. The normalized spacial score (nSPS) is 9.95. The van der Waals surface area contributed by atoms with Crippen LogP contribution in [0.4, 0.5) is 0 Å². The number of hydrogen-bond donors (Lipinski definition) is 1. The van der Waals surface area contributed by atoms with Crippen molar-refractivity contribution in [2.24, 2.45) is 0 Å². The summed E-state index contributed by atoms with van der Waals surface area (Å²) >= 11 is 0. The quantitative estimate of drug-likeness (QED) is 0.854. The summed E-state index contributed by atoms with van der Waals surface area (Å²) in [4.78, 5) is 23.3. The zero-order valence-corrected chi connectivity index (χ0v) is 10.3. The summed E-state index contributed by atoms with van der Waals surface area (Å²) in [5.74, 6) is -1.11. The van der Waals surface area contributed by atoms with E-state index in [9.17, 15) is 9.59 Å². The van der Waals surface area contributed by atoms with Crippen molar-refractivity contribution >= 4 is 11.8 Å². The van der Waals surface area contributed by atoms with Gasteiger partial charge < -0.3 is 9.84 Å². The predicted octanol–water partition coefficient (Wildman–Crippen LogP) is 2.62. The number of aromatic carboxylic acids is 1. The maximum Gasteiger partial charge on any atom is 0.339 e. The molecule has 0 aliphatic rings. The van der Waals surface area contributed by atoms with Gasteiger partial charge in [-0.05, 0) is 18.2 Å². The van der Waals surface area contributed by atoms with E-state index in [-0.39, 0.29) is 17.1 Å². The first-order valence-corrected chi connectivity index (χ1v) is 5.64. The molecular weight excluding hydrogens is 244 g/mol.